The van der Waals surface area contributed by atoms with Crippen LogP contribution in [-0.2, 0) is 14.3 Å². The molecule has 3 rings (SSSR count). The first-order valence-electron chi connectivity index (χ1n) is 9.65. The maximum atomic E-state index is 12.6. The van der Waals surface area contributed by atoms with Crippen molar-refractivity contribution in [1.82, 2.24) is 4.90 Å². The third kappa shape index (κ3) is 5.21. The largest absolute Gasteiger partial charge is 0.462 e. The number of nitrogens with two attached hydrogens (primary N) is 1. The summed E-state index contributed by atoms with van der Waals surface area (Å²) >= 11 is 1.31. The molecule has 8 heteroatoms. The lowest BCUT2D eigenvalue weighted by molar-refractivity contribution is -0.123. The number of piperidine rings is 1. The van der Waals surface area contributed by atoms with Gasteiger partial charge in [-0.05, 0) is 38.4 Å². The highest BCUT2D eigenvalue weighted by Crippen LogP contribution is 2.36. The summed E-state index contributed by atoms with van der Waals surface area (Å²) < 4.78 is 5.22. The van der Waals surface area contributed by atoms with Gasteiger partial charge >= 0.3 is 5.97 Å². The Morgan fingerprint density at radius 3 is 2.52 bits per heavy atom. The number of likely N-dealkylation sites (tertiary alicyclic amines) is 1. The minimum absolute atomic E-state index is 0.115. The van der Waals surface area contributed by atoms with Gasteiger partial charge in [0.1, 0.15) is 10.6 Å². The second-order valence-electron chi connectivity index (χ2n) is 6.94. The lowest BCUT2D eigenvalue weighted by Gasteiger charge is -2.29. The number of carbonyl (C=O) groups excluding carboxylic acids is 3. The standard InChI is InChI=1S/C21H25N3O4S/c1-2-28-21(27)18-16(14-6-4-3-5-7-14)13-29-20(18)23-17(25)12-24-10-8-15(9-11-24)19(22)26/h3-7,13,15H,2,8-12H2,1H3,(H2,22,26)(H,23,25). The van der Waals surface area contributed by atoms with Crippen LogP contribution >= 0.6 is 11.3 Å². The zero-order valence-electron chi connectivity index (χ0n) is 16.3. The molecule has 0 aliphatic carbocycles. The molecule has 0 atom stereocenters. The molecule has 1 fully saturated rings. The van der Waals surface area contributed by atoms with Crippen LogP contribution in [0.5, 0.6) is 0 Å². The molecule has 0 bridgehead atoms. The molecule has 0 saturated carbocycles. The topological polar surface area (TPSA) is 102 Å². The third-order valence-corrected chi connectivity index (χ3v) is 5.86. The molecule has 29 heavy (non-hydrogen) atoms. The van der Waals surface area contributed by atoms with Crippen LogP contribution in [0.4, 0.5) is 5.00 Å². The van der Waals surface area contributed by atoms with Crippen molar-refractivity contribution in [3.05, 3.63) is 41.3 Å². The Morgan fingerprint density at radius 1 is 1.21 bits per heavy atom. The Bertz CT molecular complexity index is 873. The average molecular weight is 416 g/mol. The molecule has 2 amide bonds. The molecule has 0 radical (unpaired) electrons. The Kier molecular flexibility index (Phi) is 7.00. The second-order valence-corrected chi connectivity index (χ2v) is 7.82. The van der Waals surface area contributed by atoms with Crippen LogP contribution in [0.1, 0.15) is 30.1 Å². The number of anilines is 1. The van der Waals surface area contributed by atoms with Gasteiger partial charge < -0.3 is 15.8 Å². The second kappa shape index (κ2) is 9.67. The molecule has 1 saturated heterocycles. The lowest BCUT2D eigenvalue weighted by Crippen LogP contribution is -2.42. The van der Waals surface area contributed by atoms with Crippen molar-refractivity contribution < 1.29 is 19.1 Å². The van der Waals surface area contributed by atoms with Crippen molar-refractivity contribution in [3.63, 3.8) is 0 Å². The van der Waals surface area contributed by atoms with Gasteiger partial charge in [-0.2, -0.15) is 0 Å². The SMILES string of the molecule is CCOC(=O)c1c(-c2ccccc2)csc1NC(=O)CN1CCC(C(N)=O)CC1. The van der Waals surface area contributed by atoms with Crippen LogP contribution in [0.2, 0.25) is 0 Å². The van der Waals surface area contributed by atoms with Crippen LogP contribution < -0.4 is 11.1 Å². The van der Waals surface area contributed by atoms with Gasteiger partial charge in [0.05, 0.1) is 13.2 Å². The number of amides is 2. The van der Waals surface area contributed by atoms with Crippen LogP contribution in [0.3, 0.4) is 0 Å². The fraction of sp³-hybridized carbons (Fsp3) is 0.381. The number of nitrogens with zero attached hydrogens (tertiary/aromatic N) is 1. The molecule has 2 heterocycles. The van der Waals surface area contributed by atoms with E-state index in [4.69, 9.17) is 10.5 Å². The summed E-state index contributed by atoms with van der Waals surface area (Å²) in [6.45, 7) is 3.49. The number of hydrogen-bond acceptors (Lipinski definition) is 6. The van der Waals surface area contributed by atoms with Crippen molar-refractivity contribution in [1.29, 1.82) is 0 Å². The number of hydrogen-bond donors (Lipinski definition) is 2. The van der Waals surface area contributed by atoms with Gasteiger partial charge in [-0.3, -0.25) is 14.5 Å². The Morgan fingerprint density at radius 2 is 1.90 bits per heavy atom. The first-order valence-corrected chi connectivity index (χ1v) is 10.5. The molecule has 1 aromatic carbocycles. The van der Waals surface area contributed by atoms with Crippen LogP contribution in [0.15, 0.2) is 35.7 Å². The summed E-state index contributed by atoms with van der Waals surface area (Å²) in [6.07, 6.45) is 1.32. The quantitative estimate of drug-likeness (QED) is 0.677. The number of ether oxygens (including phenoxy) is 1. The van der Waals surface area contributed by atoms with E-state index in [9.17, 15) is 14.4 Å². The van der Waals surface area contributed by atoms with Gasteiger partial charge in [0.2, 0.25) is 11.8 Å². The van der Waals surface area contributed by atoms with Crippen molar-refractivity contribution in [2.75, 3.05) is 31.6 Å². The number of benzene rings is 1. The van der Waals surface area contributed by atoms with Crippen LogP contribution in [0.25, 0.3) is 11.1 Å². The summed E-state index contributed by atoms with van der Waals surface area (Å²) in [7, 11) is 0. The molecule has 1 aliphatic rings. The number of esters is 1. The minimum atomic E-state index is -0.454. The highest BCUT2D eigenvalue weighted by atomic mass is 32.1. The van der Waals surface area contributed by atoms with E-state index >= 15 is 0 Å². The zero-order chi connectivity index (χ0) is 20.8. The summed E-state index contributed by atoms with van der Waals surface area (Å²) in [6, 6.07) is 9.54. The normalized spacial score (nSPS) is 15.1. The summed E-state index contributed by atoms with van der Waals surface area (Å²) in [4.78, 5) is 38.4. The van der Waals surface area contributed by atoms with Crippen molar-refractivity contribution >= 4 is 34.1 Å². The van der Waals surface area contributed by atoms with Gasteiger partial charge in [-0.1, -0.05) is 30.3 Å². The molecule has 7 nitrogen and oxygen atoms in total. The molecule has 2 aromatic rings. The lowest BCUT2D eigenvalue weighted by atomic mass is 9.96. The fourth-order valence-electron chi connectivity index (χ4n) is 3.43. The average Bonchev–Trinajstić information content (AvgIpc) is 3.12. The van der Waals surface area contributed by atoms with E-state index in [1.807, 2.05) is 40.6 Å². The predicted molar refractivity (Wildman–Crippen MR) is 113 cm³/mol. The summed E-state index contributed by atoms with van der Waals surface area (Å²) in [5, 5.41) is 5.21. The highest BCUT2D eigenvalue weighted by molar-refractivity contribution is 7.15. The Balaban J connectivity index is 1.72. The van der Waals surface area contributed by atoms with Gasteiger partial charge in [0, 0.05) is 16.9 Å². The van der Waals surface area contributed by atoms with E-state index in [-0.39, 0.29) is 30.9 Å². The molecule has 0 unspecified atom stereocenters. The first-order chi connectivity index (χ1) is 14.0. The van der Waals surface area contributed by atoms with Gasteiger partial charge in [0.25, 0.3) is 0 Å². The van der Waals surface area contributed by atoms with E-state index in [0.29, 0.717) is 36.5 Å². The van der Waals surface area contributed by atoms with Crippen LogP contribution in [0, 0.1) is 5.92 Å². The summed E-state index contributed by atoms with van der Waals surface area (Å²) in [5.41, 5.74) is 7.37. The first kappa shape index (κ1) is 21.0. The number of carbonyl (C=O) groups is 3. The van der Waals surface area contributed by atoms with Crippen LogP contribution in [-0.4, -0.2) is 48.9 Å². The maximum absolute atomic E-state index is 12.6. The Hall–Kier alpha value is -2.71. The molecule has 0 spiro atoms. The van der Waals surface area contributed by atoms with Crippen molar-refractivity contribution in [2.24, 2.45) is 11.7 Å². The van der Waals surface area contributed by atoms with Crippen molar-refractivity contribution in [3.8, 4) is 11.1 Å². The maximum Gasteiger partial charge on any atom is 0.341 e. The van der Waals surface area contributed by atoms with E-state index < -0.39 is 5.97 Å². The van der Waals surface area contributed by atoms with Gasteiger partial charge in [-0.25, -0.2) is 4.79 Å². The highest BCUT2D eigenvalue weighted by Gasteiger charge is 2.26. The van der Waals surface area contributed by atoms with Gasteiger partial charge in [0.15, 0.2) is 0 Å². The molecule has 154 valence electrons. The van der Waals surface area contributed by atoms with E-state index in [1.165, 1.54) is 11.3 Å². The summed E-state index contributed by atoms with van der Waals surface area (Å²) in [5.74, 6) is -1.05. The molecule has 3 N–H and O–H groups in total. The number of rotatable bonds is 7. The molecule has 1 aliphatic heterocycles. The zero-order valence-corrected chi connectivity index (χ0v) is 17.2. The monoisotopic (exact) mass is 415 g/mol. The van der Waals surface area contributed by atoms with E-state index in [0.717, 1.165) is 11.1 Å². The number of nitrogens with one attached hydrogen (secondary N) is 1. The van der Waals surface area contributed by atoms with Gasteiger partial charge in [-0.15, -0.1) is 11.3 Å². The van der Waals surface area contributed by atoms with E-state index in [2.05, 4.69) is 5.32 Å². The van der Waals surface area contributed by atoms with Crippen molar-refractivity contribution in [2.45, 2.75) is 19.8 Å². The number of thiophene rings is 1. The molecular weight excluding hydrogens is 390 g/mol. The smallest absolute Gasteiger partial charge is 0.341 e. The minimum Gasteiger partial charge on any atom is -0.462 e. The van der Waals surface area contributed by atoms with E-state index in [1.54, 1.807) is 6.92 Å². The fourth-order valence-corrected chi connectivity index (χ4v) is 4.40. The Labute approximate surface area is 173 Å². The third-order valence-electron chi connectivity index (χ3n) is 4.97. The number of primary amides is 1. The molecular formula is C21H25N3O4S. The molecule has 1 aromatic heterocycles. The predicted octanol–water partition coefficient (Wildman–Crippen LogP) is 2.73.